The lowest BCUT2D eigenvalue weighted by Gasteiger charge is -2.17. The second-order valence-corrected chi connectivity index (χ2v) is 7.44. The number of thioether (sulfide) groups is 1. The molecule has 27 heavy (non-hydrogen) atoms. The number of aryl methyl sites for hydroxylation is 1. The molecule has 1 fully saturated rings. The van der Waals surface area contributed by atoms with Crippen LogP contribution in [-0.4, -0.2) is 37.8 Å². The number of benzene rings is 2. The normalized spacial score (nSPS) is 16.4. The van der Waals surface area contributed by atoms with E-state index in [0.717, 1.165) is 21.9 Å². The highest BCUT2D eigenvalue weighted by Gasteiger charge is 2.35. The summed E-state index contributed by atoms with van der Waals surface area (Å²) in [4.78, 5) is 27.6. The number of amides is 2. The lowest BCUT2D eigenvalue weighted by atomic mass is 10.1. The van der Waals surface area contributed by atoms with Crippen LogP contribution in [0, 0.1) is 12.8 Å². The molecule has 1 heterocycles. The summed E-state index contributed by atoms with van der Waals surface area (Å²) in [5.41, 5.74) is 1.98. The van der Waals surface area contributed by atoms with E-state index in [-0.39, 0.29) is 24.2 Å². The Morgan fingerprint density at radius 3 is 2.85 bits per heavy atom. The van der Waals surface area contributed by atoms with E-state index < -0.39 is 0 Å². The zero-order chi connectivity index (χ0) is 19.2. The van der Waals surface area contributed by atoms with Crippen LogP contribution in [0.1, 0.15) is 12.0 Å². The van der Waals surface area contributed by atoms with Crippen molar-refractivity contribution in [2.24, 2.45) is 5.92 Å². The Morgan fingerprint density at radius 2 is 2.07 bits per heavy atom. The molecule has 1 N–H and O–H groups in total. The minimum absolute atomic E-state index is 0.00980. The summed E-state index contributed by atoms with van der Waals surface area (Å²) in [5, 5.41) is 2.88. The molecule has 142 valence electrons. The van der Waals surface area contributed by atoms with Gasteiger partial charge in [0.2, 0.25) is 11.8 Å². The van der Waals surface area contributed by atoms with Crippen molar-refractivity contribution in [3.8, 4) is 5.75 Å². The van der Waals surface area contributed by atoms with Crippen molar-refractivity contribution in [3.63, 3.8) is 0 Å². The minimum atomic E-state index is -0.325. The van der Waals surface area contributed by atoms with Gasteiger partial charge in [-0.2, -0.15) is 0 Å². The van der Waals surface area contributed by atoms with Crippen molar-refractivity contribution in [2.75, 3.05) is 30.9 Å². The van der Waals surface area contributed by atoms with Crippen LogP contribution in [0.4, 0.5) is 5.69 Å². The largest absolute Gasteiger partial charge is 0.492 e. The fraction of sp³-hybridized carbons (Fsp3) is 0.333. The molecule has 0 bridgehead atoms. The van der Waals surface area contributed by atoms with Gasteiger partial charge in [-0.1, -0.05) is 18.2 Å². The van der Waals surface area contributed by atoms with Crippen molar-refractivity contribution in [3.05, 3.63) is 54.1 Å². The van der Waals surface area contributed by atoms with Crippen LogP contribution in [0.5, 0.6) is 5.75 Å². The zero-order valence-electron chi connectivity index (χ0n) is 15.6. The molecule has 0 radical (unpaired) electrons. The fourth-order valence-electron chi connectivity index (χ4n) is 3.10. The molecule has 1 aliphatic rings. The second kappa shape index (κ2) is 8.95. The highest BCUT2D eigenvalue weighted by molar-refractivity contribution is 7.98. The van der Waals surface area contributed by atoms with Gasteiger partial charge in [0.05, 0.1) is 12.5 Å². The Hall–Kier alpha value is -2.47. The van der Waals surface area contributed by atoms with Crippen LogP contribution in [0.15, 0.2) is 53.4 Å². The maximum Gasteiger partial charge on any atom is 0.227 e. The van der Waals surface area contributed by atoms with E-state index in [1.807, 2.05) is 61.7 Å². The molecule has 0 aliphatic carbocycles. The SMILES string of the molecule is CSc1cccc(N2C[C@H](C(=O)NCCOc3cccc(C)c3)CC2=O)c1. The van der Waals surface area contributed by atoms with E-state index in [2.05, 4.69) is 5.32 Å². The molecule has 5 nitrogen and oxygen atoms in total. The van der Waals surface area contributed by atoms with E-state index in [9.17, 15) is 9.59 Å². The van der Waals surface area contributed by atoms with Crippen molar-refractivity contribution in [1.29, 1.82) is 0 Å². The fourth-order valence-corrected chi connectivity index (χ4v) is 3.56. The van der Waals surface area contributed by atoms with Gasteiger partial charge in [-0.25, -0.2) is 0 Å². The Kier molecular flexibility index (Phi) is 6.40. The number of hydrogen-bond acceptors (Lipinski definition) is 4. The predicted molar refractivity (Wildman–Crippen MR) is 108 cm³/mol. The van der Waals surface area contributed by atoms with Crippen LogP contribution < -0.4 is 15.0 Å². The van der Waals surface area contributed by atoms with Crippen molar-refractivity contribution >= 4 is 29.3 Å². The average molecular weight is 385 g/mol. The maximum absolute atomic E-state index is 12.4. The van der Waals surface area contributed by atoms with Crippen LogP contribution in [0.3, 0.4) is 0 Å². The molecule has 0 unspecified atom stereocenters. The van der Waals surface area contributed by atoms with Crippen molar-refractivity contribution < 1.29 is 14.3 Å². The molecule has 3 rings (SSSR count). The van der Waals surface area contributed by atoms with Gasteiger partial charge >= 0.3 is 0 Å². The Bertz CT molecular complexity index is 825. The van der Waals surface area contributed by atoms with Gasteiger partial charge in [0.25, 0.3) is 0 Å². The summed E-state index contributed by atoms with van der Waals surface area (Å²) in [6, 6.07) is 15.6. The molecule has 6 heteroatoms. The van der Waals surface area contributed by atoms with Gasteiger partial charge in [0.15, 0.2) is 0 Å². The topological polar surface area (TPSA) is 58.6 Å². The third-order valence-corrected chi connectivity index (χ3v) is 5.25. The summed E-state index contributed by atoms with van der Waals surface area (Å²) < 4.78 is 5.64. The lowest BCUT2D eigenvalue weighted by Crippen LogP contribution is -2.35. The lowest BCUT2D eigenvalue weighted by molar-refractivity contribution is -0.126. The summed E-state index contributed by atoms with van der Waals surface area (Å²) in [7, 11) is 0. The third-order valence-electron chi connectivity index (χ3n) is 4.52. The van der Waals surface area contributed by atoms with E-state index in [1.54, 1.807) is 16.7 Å². The molecule has 0 spiro atoms. The van der Waals surface area contributed by atoms with Gasteiger partial charge in [0.1, 0.15) is 12.4 Å². The van der Waals surface area contributed by atoms with E-state index in [4.69, 9.17) is 4.74 Å². The van der Waals surface area contributed by atoms with Gasteiger partial charge in [-0.15, -0.1) is 11.8 Å². The first kappa shape index (κ1) is 19.3. The summed E-state index contributed by atoms with van der Waals surface area (Å²) in [6.45, 7) is 3.24. The van der Waals surface area contributed by atoms with Crippen LogP contribution in [0.2, 0.25) is 0 Å². The Labute approximate surface area is 164 Å². The molecule has 0 aromatic heterocycles. The molecule has 0 saturated carbocycles. The summed E-state index contributed by atoms with van der Waals surface area (Å²) >= 11 is 1.63. The van der Waals surface area contributed by atoms with E-state index >= 15 is 0 Å². The number of nitrogens with one attached hydrogen (secondary N) is 1. The first-order valence-corrected chi connectivity index (χ1v) is 10.2. The predicted octanol–water partition coefficient (Wildman–Crippen LogP) is 3.27. The van der Waals surface area contributed by atoms with Crippen LogP contribution in [0.25, 0.3) is 0 Å². The number of ether oxygens (including phenoxy) is 1. The first-order chi connectivity index (χ1) is 13.1. The standard InChI is InChI=1S/C21H24N2O3S/c1-15-5-3-7-18(11-15)26-10-9-22-21(25)16-12-20(24)23(14-16)17-6-4-8-19(13-17)27-2/h3-8,11,13,16H,9-10,12,14H2,1-2H3,(H,22,25)/t16-/m1/s1. The monoisotopic (exact) mass is 384 g/mol. The third kappa shape index (κ3) is 5.04. The number of nitrogens with zero attached hydrogens (tertiary/aromatic N) is 1. The maximum atomic E-state index is 12.4. The first-order valence-electron chi connectivity index (χ1n) is 8.98. The molecule has 1 saturated heterocycles. The van der Waals surface area contributed by atoms with Crippen molar-refractivity contribution in [2.45, 2.75) is 18.2 Å². The van der Waals surface area contributed by atoms with E-state index in [1.165, 1.54) is 0 Å². The highest BCUT2D eigenvalue weighted by Crippen LogP contribution is 2.28. The summed E-state index contributed by atoms with van der Waals surface area (Å²) in [6.07, 6.45) is 2.24. The Balaban J connectivity index is 1.48. The Morgan fingerprint density at radius 1 is 1.26 bits per heavy atom. The number of anilines is 1. The van der Waals surface area contributed by atoms with Gasteiger partial charge in [-0.05, 0) is 49.1 Å². The van der Waals surface area contributed by atoms with Gasteiger partial charge in [-0.3, -0.25) is 9.59 Å². The number of rotatable bonds is 7. The second-order valence-electron chi connectivity index (χ2n) is 6.56. The molecular weight excluding hydrogens is 360 g/mol. The summed E-state index contributed by atoms with van der Waals surface area (Å²) in [5.74, 6) is 0.360. The quantitative estimate of drug-likeness (QED) is 0.588. The van der Waals surface area contributed by atoms with Crippen molar-refractivity contribution in [1.82, 2.24) is 5.32 Å². The number of hydrogen-bond donors (Lipinski definition) is 1. The molecule has 2 aromatic carbocycles. The minimum Gasteiger partial charge on any atom is -0.492 e. The number of carbonyl (C=O) groups is 2. The van der Waals surface area contributed by atoms with E-state index in [0.29, 0.717) is 19.7 Å². The molecule has 1 atom stereocenters. The number of carbonyl (C=O) groups excluding carboxylic acids is 2. The molecule has 2 aromatic rings. The van der Waals surface area contributed by atoms with Gasteiger partial charge < -0.3 is 15.0 Å². The smallest absolute Gasteiger partial charge is 0.227 e. The van der Waals surface area contributed by atoms with Gasteiger partial charge in [0, 0.05) is 23.5 Å². The van der Waals surface area contributed by atoms with Crippen LogP contribution >= 0.6 is 11.8 Å². The molecule has 1 aliphatic heterocycles. The molecule has 2 amide bonds. The highest BCUT2D eigenvalue weighted by atomic mass is 32.2. The zero-order valence-corrected chi connectivity index (χ0v) is 16.4. The molecular formula is C21H24N2O3S. The average Bonchev–Trinajstić information content (AvgIpc) is 3.07. The van der Waals surface area contributed by atoms with Crippen LogP contribution in [-0.2, 0) is 9.59 Å².